The minimum absolute atomic E-state index is 0.353. The third-order valence-corrected chi connectivity index (χ3v) is 4.05. The topological polar surface area (TPSA) is 20.2 Å². The normalized spacial score (nSPS) is 10.8. The van der Waals surface area contributed by atoms with Crippen LogP contribution in [0.4, 0.5) is 0 Å². The highest BCUT2D eigenvalue weighted by atomic mass is 127. The molecule has 0 aliphatic heterocycles. The number of thiophene rings is 1. The van der Waals surface area contributed by atoms with Crippen molar-refractivity contribution < 1.29 is 5.11 Å². The van der Waals surface area contributed by atoms with Crippen LogP contribution in [-0.4, -0.2) is 5.11 Å². The lowest BCUT2D eigenvalue weighted by atomic mass is 10.2. The van der Waals surface area contributed by atoms with E-state index in [1.54, 1.807) is 11.3 Å². The molecule has 4 heteroatoms. The molecule has 0 aliphatic carbocycles. The number of halogens is 2. The van der Waals surface area contributed by atoms with Gasteiger partial charge in [0.15, 0.2) is 0 Å². The van der Waals surface area contributed by atoms with Crippen LogP contribution in [0.5, 0.6) is 5.75 Å². The minimum Gasteiger partial charge on any atom is -0.505 e. The maximum atomic E-state index is 9.55. The van der Waals surface area contributed by atoms with Crippen LogP contribution in [0.2, 0.25) is 0 Å². The standard InChI is InChI=1S/C8H4BrIOS/c9-8-7(11)5-2-1-4(10)3-6(5)12-8/h1-3,11H. The van der Waals surface area contributed by atoms with Crippen LogP contribution >= 0.6 is 49.9 Å². The summed E-state index contributed by atoms with van der Waals surface area (Å²) >= 11 is 7.11. The zero-order valence-electron chi connectivity index (χ0n) is 5.84. The molecule has 1 heterocycles. The van der Waals surface area contributed by atoms with Gasteiger partial charge >= 0.3 is 0 Å². The molecule has 0 saturated carbocycles. The second kappa shape index (κ2) is 3.16. The Morgan fingerprint density at radius 3 is 2.92 bits per heavy atom. The minimum atomic E-state index is 0.353. The van der Waals surface area contributed by atoms with Gasteiger partial charge in [-0.2, -0.15) is 0 Å². The SMILES string of the molecule is Oc1c(Br)sc2cc(I)ccc12. The van der Waals surface area contributed by atoms with Crippen LogP contribution in [0.15, 0.2) is 22.0 Å². The number of benzene rings is 1. The number of rotatable bonds is 0. The summed E-state index contributed by atoms with van der Waals surface area (Å²) in [6.07, 6.45) is 0. The van der Waals surface area contributed by atoms with Crippen LogP contribution < -0.4 is 0 Å². The van der Waals surface area contributed by atoms with Gasteiger partial charge in [-0.15, -0.1) is 11.3 Å². The smallest absolute Gasteiger partial charge is 0.148 e. The van der Waals surface area contributed by atoms with E-state index in [0.717, 1.165) is 13.9 Å². The highest BCUT2D eigenvalue weighted by Crippen LogP contribution is 2.40. The zero-order chi connectivity index (χ0) is 8.72. The fourth-order valence-corrected chi connectivity index (χ4v) is 3.33. The van der Waals surface area contributed by atoms with Crippen LogP contribution in [0, 0.1) is 3.57 Å². The van der Waals surface area contributed by atoms with Gasteiger partial charge in [-0.1, -0.05) is 0 Å². The third kappa shape index (κ3) is 1.36. The van der Waals surface area contributed by atoms with Crippen molar-refractivity contribution in [1.29, 1.82) is 0 Å². The summed E-state index contributed by atoms with van der Waals surface area (Å²) in [6, 6.07) is 5.99. The van der Waals surface area contributed by atoms with Crippen LogP contribution in [0.3, 0.4) is 0 Å². The second-order valence-electron chi connectivity index (χ2n) is 2.36. The van der Waals surface area contributed by atoms with E-state index in [2.05, 4.69) is 44.6 Å². The third-order valence-electron chi connectivity index (χ3n) is 1.58. The molecule has 0 unspecified atom stereocenters. The van der Waals surface area contributed by atoms with E-state index in [1.807, 2.05) is 12.1 Å². The Morgan fingerprint density at radius 1 is 1.42 bits per heavy atom. The summed E-state index contributed by atoms with van der Waals surface area (Å²) in [6.45, 7) is 0. The summed E-state index contributed by atoms with van der Waals surface area (Å²) < 4.78 is 3.11. The molecule has 1 N–H and O–H groups in total. The largest absolute Gasteiger partial charge is 0.505 e. The first-order valence-corrected chi connectivity index (χ1v) is 5.94. The first-order valence-electron chi connectivity index (χ1n) is 3.25. The zero-order valence-corrected chi connectivity index (χ0v) is 10.4. The average molecular weight is 355 g/mol. The Morgan fingerprint density at radius 2 is 2.17 bits per heavy atom. The summed E-state index contributed by atoms with van der Waals surface area (Å²) in [4.78, 5) is 0. The fraction of sp³-hybridized carbons (Fsp3) is 0. The van der Waals surface area contributed by atoms with Crippen molar-refractivity contribution in [2.45, 2.75) is 0 Å². The van der Waals surface area contributed by atoms with E-state index < -0.39 is 0 Å². The fourth-order valence-electron chi connectivity index (χ4n) is 1.03. The molecule has 0 aliphatic rings. The first-order chi connectivity index (χ1) is 5.68. The van der Waals surface area contributed by atoms with E-state index in [1.165, 1.54) is 3.57 Å². The average Bonchev–Trinajstić information content (AvgIpc) is 2.28. The molecule has 0 atom stereocenters. The van der Waals surface area contributed by atoms with E-state index >= 15 is 0 Å². The molecule has 2 aromatic rings. The molecule has 12 heavy (non-hydrogen) atoms. The quantitative estimate of drug-likeness (QED) is 0.709. The van der Waals surface area contributed by atoms with Crippen LogP contribution in [0.1, 0.15) is 0 Å². The summed E-state index contributed by atoms with van der Waals surface area (Å²) in [5.74, 6) is 0.353. The Bertz CT molecular complexity index is 438. The van der Waals surface area contributed by atoms with Crippen LogP contribution in [0.25, 0.3) is 10.1 Å². The second-order valence-corrected chi connectivity index (χ2v) is 5.98. The van der Waals surface area contributed by atoms with Gasteiger partial charge in [0.2, 0.25) is 0 Å². The Hall–Kier alpha value is 0.190. The van der Waals surface area contributed by atoms with E-state index in [9.17, 15) is 5.11 Å². The number of fused-ring (bicyclic) bond motifs is 1. The Balaban J connectivity index is 2.87. The predicted molar refractivity (Wildman–Crippen MR) is 63.9 cm³/mol. The van der Waals surface area contributed by atoms with Crippen molar-refractivity contribution >= 4 is 59.9 Å². The van der Waals surface area contributed by atoms with Gasteiger partial charge in [-0.3, -0.25) is 0 Å². The maximum Gasteiger partial charge on any atom is 0.148 e. The molecule has 62 valence electrons. The lowest BCUT2D eigenvalue weighted by Crippen LogP contribution is -1.67. The van der Waals surface area contributed by atoms with Crippen molar-refractivity contribution in [3.05, 3.63) is 25.6 Å². The van der Waals surface area contributed by atoms with Gasteiger partial charge < -0.3 is 5.11 Å². The summed E-state index contributed by atoms with van der Waals surface area (Å²) in [5, 5.41) is 10.5. The molecule has 1 aromatic heterocycles. The van der Waals surface area contributed by atoms with Crippen molar-refractivity contribution in [2.24, 2.45) is 0 Å². The molecule has 0 radical (unpaired) electrons. The predicted octanol–water partition coefficient (Wildman–Crippen LogP) is 3.97. The van der Waals surface area contributed by atoms with Crippen molar-refractivity contribution in [3.63, 3.8) is 0 Å². The molecule has 0 saturated heterocycles. The van der Waals surface area contributed by atoms with E-state index in [-0.39, 0.29) is 0 Å². The lowest BCUT2D eigenvalue weighted by molar-refractivity contribution is 0.481. The van der Waals surface area contributed by atoms with E-state index in [4.69, 9.17) is 0 Å². The monoisotopic (exact) mass is 354 g/mol. The number of aromatic hydroxyl groups is 1. The molecule has 1 nitrogen and oxygen atoms in total. The first kappa shape index (κ1) is 8.77. The van der Waals surface area contributed by atoms with Gasteiger partial charge in [0.25, 0.3) is 0 Å². The Labute approximate surface area is 95.7 Å². The Kier molecular flexibility index (Phi) is 2.31. The van der Waals surface area contributed by atoms with Crippen molar-refractivity contribution in [3.8, 4) is 5.75 Å². The van der Waals surface area contributed by atoms with Gasteiger partial charge in [0, 0.05) is 13.7 Å². The molecule has 1 aromatic carbocycles. The molecule has 0 bridgehead atoms. The molecular weight excluding hydrogens is 351 g/mol. The summed E-state index contributed by atoms with van der Waals surface area (Å²) in [7, 11) is 0. The van der Waals surface area contributed by atoms with Gasteiger partial charge in [-0.25, -0.2) is 0 Å². The molecular formula is C8H4BrIOS. The number of hydrogen-bond acceptors (Lipinski definition) is 2. The van der Waals surface area contributed by atoms with E-state index in [0.29, 0.717) is 5.75 Å². The van der Waals surface area contributed by atoms with Gasteiger partial charge in [0.1, 0.15) is 9.54 Å². The lowest BCUT2D eigenvalue weighted by Gasteiger charge is -1.90. The maximum absolute atomic E-state index is 9.55. The van der Waals surface area contributed by atoms with Crippen molar-refractivity contribution in [1.82, 2.24) is 0 Å². The number of hydrogen-bond donors (Lipinski definition) is 1. The van der Waals surface area contributed by atoms with Gasteiger partial charge in [0.05, 0.1) is 0 Å². The van der Waals surface area contributed by atoms with Gasteiger partial charge in [-0.05, 0) is 56.7 Å². The highest BCUT2D eigenvalue weighted by molar-refractivity contribution is 14.1. The summed E-state index contributed by atoms with van der Waals surface area (Å²) in [5.41, 5.74) is 0. The molecule has 2 rings (SSSR count). The van der Waals surface area contributed by atoms with Crippen LogP contribution in [-0.2, 0) is 0 Å². The molecule has 0 spiro atoms. The molecule has 0 fully saturated rings. The highest BCUT2D eigenvalue weighted by Gasteiger charge is 2.07. The molecule has 0 amide bonds. The van der Waals surface area contributed by atoms with Crippen molar-refractivity contribution in [2.75, 3.05) is 0 Å².